The largest absolute Gasteiger partial charge is 0.324 e. The van der Waals surface area contributed by atoms with Gasteiger partial charge in [0.15, 0.2) is 0 Å². The molecular formula is C11H11ClN2OS. The molecule has 1 aromatic carbocycles. The fraction of sp³-hybridized carbons (Fsp3) is 0.273. The van der Waals surface area contributed by atoms with Crippen LogP contribution < -0.4 is 5.32 Å². The summed E-state index contributed by atoms with van der Waals surface area (Å²) < 4.78 is 0. The van der Waals surface area contributed by atoms with Gasteiger partial charge in [-0.1, -0.05) is 23.7 Å². The van der Waals surface area contributed by atoms with Crippen molar-refractivity contribution in [2.75, 3.05) is 16.8 Å². The normalized spacial score (nSPS) is 9.50. The minimum atomic E-state index is -0.101. The van der Waals surface area contributed by atoms with Gasteiger partial charge in [0.25, 0.3) is 0 Å². The highest BCUT2D eigenvalue weighted by molar-refractivity contribution is 7.99. The third-order valence-electron chi connectivity index (χ3n) is 1.74. The number of thioether (sulfide) groups is 1. The average molecular weight is 255 g/mol. The first kappa shape index (κ1) is 12.9. The molecule has 0 fully saturated rings. The van der Waals surface area contributed by atoms with E-state index >= 15 is 0 Å². The number of anilines is 1. The van der Waals surface area contributed by atoms with Crippen LogP contribution in [-0.4, -0.2) is 17.4 Å². The zero-order chi connectivity index (χ0) is 11.8. The molecule has 1 N–H and O–H groups in total. The first-order valence-corrected chi connectivity index (χ1v) is 6.26. The number of hydrogen-bond donors (Lipinski definition) is 1. The summed E-state index contributed by atoms with van der Waals surface area (Å²) in [5.74, 6) is 0.912. The number of nitrogens with one attached hydrogen (secondary N) is 1. The minimum absolute atomic E-state index is 0.101. The molecule has 1 aromatic rings. The van der Waals surface area contributed by atoms with E-state index in [-0.39, 0.29) is 5.91 Å². The molecule has 16 heavy (non-hydrogen) atoms. The maximum Gasteiger partial charge on any atom is 0.234 e. The maximum absolute atomic E-state index is 11.5. The lowest BCUT2D eigenvalue weighted by atomic mass is 10.3. The molecule has 5 heteroatoms. The molecule has 3 nitrogen and oxygen atoms in total. The molecule has 0 saturated carbocycles. The highest BCUT2D eigenvalue weighted by Crippen LogP contribution is 2.20. The molecule has 0 aliphatic rings. The van der Waals surface area contributed by atoms with Gasteiger partial charge in [0.1, 0.15) is 0 Å². The Morgan fingerprint density at radius 2 is 2.25 bits per heavy atom. The molecule has 0 aromatic heterocycles. The standard InChI is InChI=1S/C11H11ClN2OS/c12-9-4-1-2-5-10(9)14-11(15)8-16-7-3-6-13/h1-2,4-5H,3,7-8H2,(H,14,15). The molecule has 0 spiro atoms. The predicted molar refractivity (Wildman–Crippen MR) is 67.6 cm³/mol. The van der Waals surface area contributed by atoms with E-state index in [0.29, 0.717) is 28.6 Å². The molecular weight excluding hydrogens is 244 g/mol. The predicted octanol–water partition coefficient (Wildman–Crippen LogP) is 2.93. The number of benzene rings is 1. The average Bonchev–Trinajstić information content (AvgIpc) is 2.28. The molecule has 1 rings (SSSR count). The van der Waals surface area contributed by atoms with Crippen LogP contribution in [0.15, 0.2) is 24.3 Å². The first-order chi connectivity index (χ1) is 7.74. The Labute approximate surface area is 104 Å². The molecule has 0 aliphatic carbocycles. The van der Waals surface area contributed by atoms with Crippen LogP contribution in [0, 0.1) is 11.3 Å². The summed E-state index contributed by atoms with van der Waals surface area (Å²) in [7, 11) is 0. The van der Waals surface area contributed by atoms with Crippen molar-refractivity contribution >= 4 is 35.0 Å². The van der Waals surface area contributed by atoms with Crippen molar-refractivity contribution in [3.05, 3.63) is 29.3 Å². The quantitative estimate of drug-likeness (QED) is 0.822. The fourth-order valence-electron chi connectivity index (χ4n) is 1.03. The van der Waals surface area contributed by atoms with Gasteiger partial charge in [-0.25, -0.2) is 0 Å². The number of nitrogens with zero attached hydrogens (tertiary/aromatic N) is 1. The summed E-state index contributed by atoms with van der Waals surface area (Å²) in [5.41, 5.74) is 0.620. The second-order valence-electron chi connectivity index (χ2n) is 2.99. The number of halogens is 1. The molecule has 0 bridgehead atoms. The Kier molecular flexibility index (Phi) is 5.76. The monoisotopic (exact) mass is 254 g/mol. The van der Waals surface area contributed by atoms with Crippen molar-refractivity contribution in [3.63, 3.8) is 0 Å². The van der Waals surface area contributed by atoms with E-state index in [4.69, 9.17) is 16.9 Å². The summed E-state index contributed by atoms with van der Waals surface area (Å²) in [6.45, 7) is 0. The number of rotatable bonds is 5. The second kappa shape index (κ2) is 7.15. The van der Waals surface area contributed by atoms with Crippen molar-refractivity contribution < 1.29 is 4.79 Å². The summed E-state index contributed by atoms with van der Waals surface area (Å²) in [4.78, 5) is 11.5. The van der Waals surface area contributed by atoms with Crippen molar-refractivity contribution in [2.24, 2.45) is 0 Å². The topological polar surface area (TPSA) is 52.9 Å². The number of para-hydroxylation sites is 1. The Hall–Kier alpha value is -1.18. The molecule has 0 saturated heterocycles. The molecule has 1 amide bonds. The van der Waals surface area contributed by atoms with Crippen molar-refractivity contribution in [1.82, 2.24) is 0 Å². The number of amides is 1. The van der Waals surface area contributed by atoms with E-state index < -0.39 is 0 Å². The fourth-order valence-corrected chi connectivity index (χ4v) is 1.85. The van der Waals surface area contributed by atoms with Gasteiger partial charge in [0, 0.05) is 12.2 Å². The van der Waals surface area contributed by atoms with Gasteiger partial charge >= 0.3 is 0 Å². The van der Waals surface area contributed by atoms with E-state index in [1.807, 2.05) is 12.1 Å². The minimum Gasteiger partial charge on any atom is -0.324 e. The molecule has 84 valence electrons. The van der Waals surface area contributed by atoms with Crippen LogP contribution in [0.25, 0.3) is 0 Å². The Morgan fingerprint density at radius 3 is 2.94 bits per heavy atom. The number of carbonyl (C=O) groups is 1. The highest BCUT2D eigenvalue weighted by atomic mass is 35.5. The van der Waals surface area contributed by atoms with E-state index in [2.05, 4.69) is 5.32 Å². The zero-order valence-corrected chi connectivity index (χ0v) is 10.1. The van der Waals surface area contributed by atoms with E-state index in [0.717, 1.165) is 0 Å². The number of nitriles is 1. The molecule has 0 heterocycles. The Bertz CT molecular complexity index is 403. The SMILES string of the molecule is N#CCCSCC(=O)Nc1ccccc1Cl. The van der Waals surface area contributed by atoms with Gasteiger partial charge in [0.05, 0.1) is 22.5 Å². The van der Waals surface area contributed by atoms with E-state index in [1.54, 1.807) is 18.2 Å². The molecule has 0 unspecified atom stereocenters. The Balaban J connectivity index is 2.35. The maximum atomic E-state index is 11.5. The summed E-state index contributed by atoms with van der Waals surface area (Å²) >= 11 is 7.32. The van der Waals surface area contributed by atoms with E-state index in [1.165, 1.54) is 11.8 Å². The van der Waals surface area contributed by atoms with E-state index in [9.17, 15) is 4.79 Å². The Morgan fingerprint density at radius 1 is 1.50 bits per heavy atom. The number of hydrogen-bond acceptors (Lipinski definition) is 3. The van der Waals surface area contributed by atoms with Crippen molar-refractivity contribution in [2.45, 2.75) is 6.42 Å². The van der Waals surface area contributed by atoms with Crippen LogP contribution in [0.2, 0.25) is 5.02 Å². The van der Waals surface area contributed by atoms with Gasteiger partial charge in [-0.3, -0.25) is 4.79 Å². The van der Waals surface area contributed by atoms with Gasteiger partial charge in [-0.2, -0.15) is 17.0 Å². The van der Waals surface area contributed by atoms with Gasteiger partial charge in [-0.15, -0.1) is 0 Å². The third kappa shape index (κ3) is 4.56. The van der Waals surface area contributed by atoms with Gasteiger partial charge in [-0.05, 0) is 12.1 Å². The molecule has 0 atom stereocenters. The smallest absolute Gasteiger partial charge is 0.234 e. The summed E-state index contributed by atoms with van der Waals surface area (Å²) in [6.07, 6.45) is 0.462. The lowest BCUT2D eigenvalue weighted by Gasteiger charge is -2.05. The third-order valence-corrected chi connectivity index (χ3v) is 3.03. The lowest BCUT2D eigenvalue weighted by Crippen LogP contribution is -2.14. The van der Waals surface area contributed by atoms with Gasteiger partial charge < -0.3 is 5.32 Å². The lowest BCUT2D eigenvalue weighted by molar-refractivity contribution is -0.113. The van der Waals surface area contributed by atoms with Crippen LogP contribution in [0.1, 0.15) is 6.42 Å². The number of carbonyl (C=O) groups excluding carboxylic acids is 1. The zero-order valence-electron chi connectivity index (χ0n) is 8.57. The highest BCUT2D eigenvalue weighted by Gasteiger charge is 2.04. The van der Waals surface area contributed by atoms with Crippen LogP contribution in [0.5, 0.6) is 0 Å². The first-order valence-electron chi connectivity index (χ1n) is 4.73. The van der Waals surface area contributed by atoms with Crippen LogP contribution >= 0.6 is 23.4 Å². The van der Waals surface area contributed by atoms with Crippen molar-refractivity contribution in [3.8, 4) is 6.07 Å². The molecule has 0 radical (unpaired) electrons. The van der Waals surface area contributed by atoms with Crippen molar-refractivity contribution in [1.29, 1.82) is 5.26 Å². The van der Waals surface area contributed by atoms with Crippen LogP contribution in [0.3, 0.4) is 0 Å². The summed E-state index contributed by atoms with van der Waals surface area (Å²) in [5, 5.41) is 11.6. The molecule has 0 aliphatic heterocycles. The van der Waals surface area contributed by atoms with Gasteiger partial charge in [0.2, 0.25) is 5.91 Å². The summed E-state index contributed by atoms with van der Waals surface area (Å²) in [6, 6.07) is 9.11. The second-order valence-corrected chi connectivity index (χ2v) is 4.50. The van der Waals surface area contributed by atoms with Crippen LogP contribution in [-0.2, 0) is 4.79 Å². The van der Waals surface area contributed by atoms with Crippen LogP contribution in [0.4, 0.5) is 5.69 Å².